The van der Waals surface area contributed by atoms with E-state index in [1.54, 1.807) is 7.11 Å². The Bertz CT molecular complexity index is 175. The summed E-state index contributed by atoms with van der Waals surface area (Å²) in [6, 6.07) is 0. The maximum absolute atomic E-state index is 5.04. The van der Waals surface area contributed by atoms with Crippen LogP contribution in [0.5, 0.6) is 0 Å². The van der Waals surface area contributed by atoms with Crippen molar-refractivity contribution in [2.24, 2.45) is 0 Å². The fourth-order valence-electron chi connectivity index (χ4n) is 2.32. The zero-order chi connectivity index (χ0) is 14.0. The molecule has 0 aromatic carbocycles. The number of unbranched alkanes of at least 4 members (excludes halogenated alkanes) is 11. The predicted molar refractivity (Wildman–Crippen MR) is 86.7 cm³/mol. The molecule has 0 unspecified atom stereocenters. The standard InChI is InChI=1S/C18H36O/c1-3-4-5-6-7-8-9-10-11-12-13-14-15-16-17-18-19-2/h10-11H,3-9,12-18H2,1-2H3/b11-10-. The third-order valence-electron chi connectivity index (χ3n) is 3.61. The van der Waals surface area contributed by atoms with Gasteiger partial charge in [0, 0.05) is 13.7 Å². The second-order valence-electron chi connectivity index (χ2n) is 5.58. The molecule has 114 valence electrons. The highest BCUT2D eigenvalue weighted by molar-refractivity contribution is 4.81. The lowest BCUT2D eigenvalue weighted by atomic mass is 10.1. The van der Waals surface area contributed by atoms with Gasteiger partial charge in [-0.2, -0.15) is 0 Å². The van der Waals surface area contributed by atoms with E-state index in [9.17, 15) is 0 Å². The van der Waals surface area contributed by atoms with Crippen LogP contribution in [0.3, 0.4) is 0 Å². The van der Waals surface area contributed by atoms with E-state index in [0.717, 1.165) is 6.61 Å². The summed E-state index contributed by atoms with van der Waals surface area (Å²) in [4.78, 5) is 0. The average molecular weight is 268 g/mol. The van der Waals surface area contributed by atoms with Gasteiger partial charge in [-0.1, -0.05) is 70.4 Å². The molecule has 0 saturated heterocycles. The monoisotopic (exact) mass is 268 g/mol. The Morgan fingerprint density at radius 3 is 1.63 bits per heavy atom. The predicted octanol–water partition coefficient (Wildman–Crippen LogP) is 6.28. The maximum Gasteiger partial charge on any atom is 0.0462 e. The van der Waals surface area contributed by atoms with Crippen molar-refractivity contribution in [3.8, 4) is 0 Å². The summed E-state index contributed by atoms with van der Waals surface area (Å²) < 4.78 is 5.04. The van der Waals surface area contributed by atoms with Crippen LogP contribution in [0.1, 0.15) is 90.4 Å². The van der Waals surface area contributed by atoms with E-state index >= 15 is 0 Å². The lowest BCUT2D eigenvalue weighted by molar-refractivity contribution is 0.192. The molecule has 0 aliphatic heterocycles. The molecule has 0 rings (SSSR count). The van der Waals surface area contributed by atoms with E-state index in [0.29, 0.717) is 0 Å². The van der Waals surface area contributed by atoms with Crippen LogP contribution in [0.15, 0.2) is 12.2 Å². The minimum Gasteiger partial charge on any atom is -0.385 e. The molecule has 0 aliphatic rings. The second kappa shape index (κ2) is 17.7. The maximum atomic E-state index is 5.04. The number of ether oxygens (including phenoxy) is 1. The number of hydrogen-bond acceptors (Lipinski definition) is 1. The van der Waals surface area contributed by atoms with E-state index in [1.807, 2.05) is 0 Å². The fourth-order valence-corrected chi connectivity index (χ4v) is 2.32. The molecule has 0 bridgehead atoms. The Hall–Kier alpha value is -0.300. The summed E-state index contributed by atoms with van der Waals surface area (Å²) in [5.74, 6) is 0. The summed E-state index contributed by atoms with van der Waals surface area (Å²) in [5, 5.41) is 0. The van der Waals surface area contributed by atoms with Crippen molar-refractivity contribution in [2.75, 3.05) is 13.7 Å². The third-order valence-corrected chi connectivity index (χ3v) is 3.61. The average Bonchev–Trinajstić information content (AvgIpc) is 2.43. The van der Waals surface area contributed by atoms with Gasteiger partial charge in [0.05, 0.1) is 0 Å². The summed E-state index contributed by atoms with van der Waals surface area (Å²) in [6.45, 7) is 3.21. The van der Waals surface area contributed by atoms with Crippen LogP contribution in [0.2, 0.25) is 0 Å². The molecular weight excluding hydrogens is 232 g/mol. The summed E-state index contributed by atoms with van der Waals surface area (Å²) in [6.07, 6.45) is 22.5. The van der Waals surface area contributed by atoms with Gasteiger partial charge in [0.1, 0.15) is 0 Å². The molecule has 0 aliphatic carbocycles. The van der Waals surface area contributed by atoms with Gasteiger partial charge < -0.3 is 4.74 Å². The molecule has 0 aromatic heterocycles. The zero-order valence-corrected chi connectivity index (χ0v) is 13.5. The van der Waals surface area contributed by atoms with Crippen LogP contribution >= 0.6 is 0 Å². The van der Waals surface area contributed by atoms with Gasteiger partial charge in [-0.15, -0.1) is 0 Å². The largest absolute Gasteiger partial charge is 0.385 e. The normalized spacial score (nSPS) is 11.5. The molecule has 0 fully saturated rings. The minimum absolute atomic E-state index is 0.929. The van der Waals surface area contributed by atoms with E-state index in [-0.39, 0.29) is 0 Å². The molecule has 1 heteroatoms. The molecule has 1 nitrogen and oxygen atoms in total. The Labute approximate surface area is 121 Å². The Kier molecular flexibility index (Phi) is 17.4. The summed E-state index contributed by atoms with van der Waals surface area (Å²) in [7, 11) is 1.79. The highest BCUT2D eigenvalue weighted by Crippen LogP contribution is 2.09. The summed E-state index contributed by atoms with van der Waals surface area (Å²) >= 11 is 0. The Morgan fingerprint density at radius 1 is 0.632 bits per heavy atom. The van der Waals surface area contributed by atoms with Crippen LogP contribution in [-0.4, -0.2) is 13.7 Å². The zero-order valence-electron chi connectivity index (χ0n) is 13.5. The van der Waals surface area contributed by atoms with Crippen LogP contribution in [0, 0.1) is 0 Å². The second-order valence-corrected chi connectivity index (χ2v) is 5.58. The molecule has 19 heavy (non-hydrogen) atoms. The van der Waals surface area contributed by atoms with Crippen LogP contribution in [0.25, 0.3) is 0 Å². The lowest BCUT2D eigenvalue weighted by Crippen LogP contribution is -1.87. The van der Waals surface area contributed by atoms with Crippen molar-refractivity contribution in [3.63, 3.8) is 0 Å². The molecule has 0 atom stereocenters. The molecule has 0 aromatic rings. The van der Waals surface area contributed by atoms with E-state index in [2.05, 4.69) is 19.1 Å². The van der Waals surface area contributed by atoms with Crippen molar-refractivity contribution in [1.82, 2.24) is 0 Å². The van der Waals surface area contributed by atoms with Gasteiger partial charge in [-0.25, -0.2) is 0 Å². The van der Waals surface area contributed by atoms with Gasteiger partial charge in [0.2, 0.25) is 0 Å². The first kappa shape index (κ1) is 18.7. The van der Waals surface area contributed by atoms with Crippen molar-refractivity contribution in [3.05, 3.63) is 12.2 Å². The van der Waals surface area contributed by atoms with Crippen molar-refractivity contribution < 1.29 is 4.74 Å². The van der Waals surface area contributed by atoms with Gasteiger partial charge in [-0.05, 0) is 32.1 Å². The first-order chi connectivity index (χ1) is 9.41. The number of allylic oxidation sites excluding steroid dienone is 2. The first-order valence-corrected chi connectivity index (χ1v) is 8.55. The highest BCUT2D eigenvalue weighted by Gasteiger charge is 1.90. The van der Waals surface area contributed by atoms with E-state index in [1.165, 1.54) is 83.5 Å². The van der Waals surface area contributed by atoms with Gasteiger partial charge >= 0.3 is 0 Å². The highest BCUT2D eigenvalue weighted by atomic mass is 16.5. The van der Waals surface area contributed by atoms with E-state index in [4.69, 9.17) is 4.74 Å². The topological polar surface area (TPSA) is 9.23 Å². The molecular formula is C18H36O. The minimum atomic E-state index is 0.929. The van der Waals surface area contributed by atoms with Crippen molar-refractivity contribution in [1.29, 1.82) is 0 Å². The fraction of sp³-hybridized carbons (Fsp3) is 0.889. The number of hydrogen-bond donors (Lipinski definition) is 0. The molecule has 0 radical (unpaired) electrons. The molecule has 0 spiro atoms. The quantitative estimate of drug-likeness (QED) is 0.251. The Balaban J connectivity index is 3.01. The van der Waals surface area contributed by atoms with Crippen molar-refractivity contribution in [2.45, 2.75) is 90.4 Å². The van der Waals surface area contributed by atoms with Crippen molar-refractivity contribution >= 4 is 0 Å². The van der Waals surface area contributed by atoms with Crippen LogP contribution in [-0.2, 0) is 4.74 Å². The molecule has 0 saturated carbocycles. The lowest BCUT2D eigenvalue weighted by Gasteiger charge is -1.99. The smallest absolute Gasteiger partial charge is 0.0462 e. The van der Waals surface area contributed by atoms with Gasteiger partial charge in [-0.3, -0.25) is 0 Å². The van der Waals surface area contributed by atoms with Crippen LogP contribution < -0.4 is 0 Å². The molecule has 0 amide bonds. The Morgan fingerprint density at radius 2 is 1.11 bits per heavy atom. The molecule has 0 N–H and O–H groups in total. The van der Waals surface area contributed by atoms with Gasteiger partial charge in [0.15, 0.2) is 0 Å². The molecule has 0 heterocycles. The SMILES string of the molecule is CCCCCCCC/C=C\CCCCCCCOC. The third kappa shape index (κ3) is 17.7. The van der Waals surface area contributed by atoms with Gasteiger partial charge in [0.25, 0.3) is 0 Å². The summed E-state index contributed by atoms with van der Waals surface area (Å²) in [5.41, 5.74) is 0. The number of methoxy groups -OCH3 is 1. The number of rotatable bonds is 15. The first-order valence-electron chi connectivity index (χ1n) is 8.55. The van der Waals surface area contributed by atoms with E-state index < -0.39 is 0 Å². The van der Waals surface area contributed by atoms with Crippen LogP contribution in [0.4, 0.5) is 0 Å².